The lowest BCUT2D eigenvalue weighted by atomic mass is 10.1. The minimum absolute atomic E-state index is 0.345. The van der Waals surface area contributed by atoms with Gasteiger partial charge in [-0.2, -0.15) is 0 Å². The zero-order valence-electron chi connectivity index (χ0n) is 4.48. The molecular formula is C6H8F2. The van der Waals surface area contributed by atoms with Gasteiger partial charge in [-0.15, -0.1) is 0 Å². The number of halogens is 2. The molecule has 46 valence electrons. The first-order valence-corrected chi connectivity index (χ1v) is 2.75. The molecule has 0 aliphatic heterocycles. The van der Waals surface area contributed by atoms with Crippen LogP contribution in [-0.2, 0) is 0 Å². The Balaban J connectivity index is 2.42. The third kappa shape index (κ3) is 1.29. The molecule has 2 atom stereocenters. The zero-order chi connectivity index (χ0) is 5.98. The quantitative estimate of drug-likeness (QED) is 0.427. The zero-order valence-corrected chi connectivity index (χ0v) is 4.48. The molecule has 8 heavy (non-hydrogen) atoms. The number of alkyl halides is 2. The molecule has 1 aliphatic carbocycles. The molecule has 0 heterocycles. The van der Waals surface area contributed by atoms with Gasteiger partial charge < -0.3 is 0 Å². The highest BCUT2D eigenvalue weighted by Crippen LogP contribution is 2.15. The first-order chi connectivity index (χ1) is 3.79. The number of hydrogen-bond donors (Lipinski definition) is 0. The van der Waals surface area contributed by atoms with Crippen molar-refractivity contribution in [3.8, 4) is 0 Å². The molecule has 0 saturated heterocycles. The van der Waals surface area contributed by atoms with Crippen molar-refractivity contribution in [2.45, 2.75) is 25.2 Å². The van der Waals surface area contributed by atoms with Crippen LogP contribution >= 0.6 is 0 Å². The third-order valence-corrected chi connectivity index (χ3v) is 1.25. The van der Waals surface area contributed by atoms with Crippen molar-refractivity contribution in [2.24, 2.45) is 0 Å². The predicted molar refractivity (Wildman–Crippen MR) is 28.2 cm³/mol. The Morgan fingerprint density at radius 3 is 1.62 bits per heavy atom. The van der Waals surface area contributed by atoms with Crippen LogP contribution in [0.4, 0.5) is 8.78 Å². The highest BCUT2D eigenvalue weighted by molar-refractivity contribution is 4.98. The summed E-state index contributed by atoms with van der Waals surface area (Å²) in [6.45, 7) is 0. The van der Waals surface area contributed by atoms with Gasteiger partial charge in [0.05, 0.1) is 0 Å². The molecule has 0 saturated carbocycles. The Kier molecular flexibility index (Phi) is 1.61. The lowest BCUT2D eigenvalue weighted by Crippen LogP contribution is -2.08. The monoisotopic (exact) mass is 118 g/mol. The van der Waals surface area contributed by atoms with Gasteiger partial charge in [0.1, 0.15) is 12.3 Å². The van der Waals surface area contributed by atoms with Gasteiger partial charge in [0, 0.05) is 0 Å². The van der Waals surface area contributed by atoms with Crippen molar-refractivity contribution in [2.75, 3.05) is 0 Å². The van der Waals surface area contributed by atoms with Gasteiger partial charge in [-0.1, -0.05) is 12.2 Å². The van der Waals surface area contributed by atoms with E-state index in [1.807, 2.05) is 0 Å². The van der Waals surface area contributed by atoms with E-state index in [4.69, 9.17) is 0 Å². The molecular weight excluding hydrogens is 110 g/mol. The second-order valence-electron chi connectivity index (χ2n) is 1.99. The van der Waals surface area contributed by atoms with E-state index < -0.39 is 12.3 Å². The van der Waals surface area contributed by atoms with Gasteiger partial charge in [0.15, 0.2) is 0 Å². The minimum atomic E-state index is -0.901. The van der Waals surface area contributed by atoms with Crippen molar-refractivity contribution >= 4 is 0 Å². The number of rotatable bonds is 0. The molecule has 0 fully saturated rings. The Labute approximate surface area is 47.2 Å². The van der Waals surface area contributed by atoms with E-state index in [0.717, 1.165) is 0 Å². The molecule has 2 unspecified atom stereocenters. The fourth-order valence-electron chi connectivity index (χ4n) is 0.752. The standard InChI is InChI=1S/C6H8F2/c7-5-1-2-6(8)4-3-5/h1-2,5-6H,3-4H2. The summed E-state index contributed by atoms with van der Waals surface area (Å²) in [5, 5.41) is 0. The van der Waals surface area contributed by atoms with Crippen LogP contribution in [0, 0.1) is 0 Å². The lowest BCUT2D eigenvalue weighted by Gasteiger charge is -2.09. The van der Waals surface area contributed by atoms with Crippen LogP contribution in [0.25, 0.3) is 0 Å². The van der Waals surface area contributed by atoms with Crippen LogP contribution in [0.2, 0.25) is 0 Å². The normalized spacial score (nSPS) is 37.8. The first kappa shape index (κ1) is 5.73. The van der Waals surface area contributed by atoms with Crippen LogP contribution < -0.4 is 0 Å². The largest absolute Gasteiger partial charge is 0.243 e. The average molecular weight is 118 g/mol. The van der Waals surface area contributed by atoms with Crippen molar-refractivity contribution in [3.63, 3.8) is 0 Å². The van der Waals surface area contributed by atoms with Crippen LogP contribution in [0.1, 0.15) is 12.8 Å². The molecule has 0 bridgehead atoms. The molecule has 0 aromatic carbocycles. The van der Waals surface area contributed by atoms with Crippen molar-refractivity contribution in [1.29, 1.82) is 0 Å². The van der Waals surface area contributed by atoms with Gasteiger partial charge in [-0.25, -0.2) is 8.78 Å². The molecule has 1 rings (SSSR count). The van der Waals surface area contributed by atoms with E-state index in [1.54, 1.807) is 0 Å². The minimum Gasteiger partial charge on any atom is -0.243 e. The first-order valence-electron chi connectivity index (χ1n) is 2.75. The second kappa shape index (κ2) is 2.25. The topological polar surface area (TPSA) is 0 Å². The molecule has 0 aromatic heterocycles. The summed E-state index contributed by atoms with van der Waals surface area (Å²) < 4.78 is 24.2. The van der Waals surface area contributed by atoms with Crippen molar-refractivity contribution in [3.05, 3.63) is 12.2 Å². The highest BCUT2D eigenvalue weighted by Gasteiger charge is 2.12. The van der Waals surface area contributed by atoms with Gasteiger partial charge in [-0.3, -0.25) is 0 Å². The van der Waals surface area contributed by atoms with E-state index in [9.17, 15) is 8.78 Å². The van der Waals surface area contributed by atoms with Gasteiger partial charge in [0.2, 0.25) is 0 Å². The van der Waals surface area contributed by atoms with E-state index >= 15 is 0 Å². The molecule has 0 radical (unpaired) electrons. The van der Waals surface area contributed by atoms with Crippen LogP contribution in [0.15, 0.2) is 12.2 Å². The van der Waals surface area contributed by atoms with E-state index in [0.29, 0.717) is 12.8 Å². The van der Waals surface area contributed by atoms with Crippen molar-refractivity contribution in [1.82, 2.24) is 0 Å². The summed E-state index contributed by atoms with van der Waals surface area (Å²) in [5.41, 5.74) is 0. The summed E-state index contributed by atoms with van der Waals surface area (Å²) >= 11 is 0. The van der Waals surface area contributed by atoms with E-state index in [2.05, 4.69) is 0 Å². The molecule has 0 nitrogen and oxygen atoms in total. The molecule has 1 aliphatic rings. The van der Waals surface area contributed by atoms with Crippen LogP contribution in [0.5, 0.6) is 0 Å². The van der Waals surface area contributed by atoms with E-state index in [-0.39, 0.29) is 0 Å². The molecule has 2 heteroatoms. The Bertz CT molecular complexity index is 86.7. The Morgan fingerprint density at radius 2 is 1.38 bits per heavy atom. The average Bonchev–Trinajstić information content (AvgIpc) is 1.77. The highest BCUT2D eigenvalue weighted by atomic mass is 19.1. The molecule has 0 N–H and O–H groups in total. The maximum atomic E-state index is 12.1. The fraction of sp³-hybridized carbons (Fsp3) is 0.667. The van der Waals surface area contributed by atoms with Crippen LogP contribution in [-0.4, -0.2) is 12.3 Å². The predicted octanol–water partition coefficient (Wildman–Crippen LogP) is 2.01. The SMILES string of the molecule is FC1C=CC(F)CC1. The van der Waals surface area contributed by atoms with Crippen molar-refractivity contribution < 1.29 is 8.78 Å². The Hall–Kier alpha value is -0.400. The Morgan fingerprint density at radius 1 is 1.00 bits per heavy atom. The molecule has 0 aromatic rings. The summed E-state index contributed by atoms with van der Waals surface area (Å²) in [7, 11) is 0. The fourth-order valence-corrected chi connectivity index (χ4v) is 0.752. The summed E-state index contributed by atoms with van der Waals surface area (Å²) in [5.74, 6) is 0. The van der Waals surface area contributed by atoms with Gasteiger partial charge in [0.25, 0.3) is 0 Å². The summed E-state index contributed by atoms with van der Waals surface area (Å²) in [6.07, 6.45) is 1.46. The smallest absolute Gasteiger partial charge is 0.118 e. The maximum absolute atomic E-state index is 12.1. The lowest BCUT2D eigenvalue weighted by molar-refractivity contribution is 0.290. The summed E-state index contributed by atoms with van der Waals surface area (Å²) in [4.78, 5) is 0. The van der Waals surface area contributed by atoms with E-state index in [1.165, 1.54) is 12.2 Å². The number of allylic oxidation sites excluding steroid dienone is 2. The van der Waals surface area contributed by atoms with Gasteiger partial charge in [-0.05, 0) is 12.8 Å². The molecule has 0 spiro atoms. The third-order valence-electron chi connectivity index (χ3n) is 1.25. The van der Waals surface area contributed by atoms with Crippen LogP contribution in [0.3, 0.4) is 0 Å². The maximum Gasteiger partial charge on any atom is 0.118 e. The van der Waals surface area contributed by atoms with Gasteiger partial charge >= 0.3 is 0 Å². The summed E-state index contributed by atoms with van der Waals surface area (Å²) in [6, 6.07) is 0. The molecule has 0 amide bonds. The second-order valence-corrected chi connectivity index (χ2v) is 1.99. The number of hydrogen-bond acceptors (Lipinski definition) is 0.